The van der Waals surface area contributed by atoms with Gasteiger partial charge < -0.3 is 5.32 Å². The fourth-order valence-corrected chi connectivity index (χ4v) is 8.80. The van der Waals surface area contributed by atoms with Gasteiger partial charge in [-0.15, -0.1) is 9.53 Å². The molecular weight excluding hydrogens is 530 g/mol. The lowest BCUT2D eigenvalue weighted by Gasteiger charge is -2.52. The summed E-state index contributed by atoms with van der Waals surface area (Å²) in [6.07, 6.45) is 8.34. The first kappa shape index (κ1) is 28.9. The fourth-order valence-electron chi connectivity index (χ4n) is 6.73. The Kier molecular flexibility index (Phi) is 7.46. The van der Waals surface area contributed by atoms with Crippen LogP contribution in [0.4, 0.5) is 10.5 Å². The van der Waals surface area contributed by atoms with Gasteiger partial charge in [-0.25, -0.2) is 9.10 Å². The molecule has 1 atom stereocenters. The SMILES string of the molecule is CCC1CCC(C2=NC3(CCN(S(C)(=O)(O)CCc4ccc(N5C(=O)NC(=O)C5C)cc4C)CC3)C(=O)N2)CC1. The van der Waals surface area contributed by atoms with E-state index < -0.39 is 27.1 Å². The average molecular weight is 574 g/mol. The molecule has 3 heterocycles. The molecule has 2 saturated heterocycles. The summed E-state index contributed by atoms with van der Waals surface area (Å²) < 4.78 is 27.0. The van der Waals surface area contributed by atoms with Gasteiger partial charge in [0.1, 0.15) is 17.4 Å². The first-order chi connectivity index (χ1) is 18.8. The molecule has 1 saturated carbocycles. The first-order valence-corrected chi connectivity index (χ1v) is 17.0. The van der Waals surface area contributed by atoms with Crippen LogP contribution < -0.4 is 15.5 Å². The highest BCUT2D eigenvalue weighted by Gasteiger charge is 2.49. The van der Waals surface area contributed by atoms with Crippen molar-refractivity contribution < 1.29 is 23.1 Å². The molecule has 4 amide bonds. The Hall–Kier alpha value is -2.63. The molecule has 3 aliphatic heterocycles. The average Bonchev–Trinajstić information content (AvgIpc) is 3.36. The molecule has 3 fully saturated rings. The summed E-state index contributed by atoms with van der Waals surface area (Å²) in [6.45, 7) is 6.48. The number of carbonyl (C=O) groups is 3. The van der Waals surface area contributed by atoms with Gasteiger partial charge in [0.15, 0.2) is 0 Å². The molecule has 0 aromatic heterocycles. The summed E-state index contributed by atoms with van der Waals surface area (Å²) in [5.41, 5.74) is 1.59. The van der Waals surface area contributed by atoms with Gasteiger partial charge in [0.05, 0.1) is 5.75 Å². The van der Waals surface area contributed by atoms with Crippen LogP contribution in [0.25, 0.3) is 0 Å². The minimum Gasteiger partial charge on any atom is -0.312 e. The topological polar surface area (TPSA) is 131 Å². The van der Waals surface area contributed by atoms with Crippen LogP contribution in [0.2, 0.25) is 0 Å². The van der Waals surface area contributed by atoms with Gasteiger partial charge in [-0.3, -0.25) is 29.4 Å². The van der Waals surface area contributed by atoms with E-state index >= 15 is 0 Å². The molecule has 0 radical (unpaired) electrons. The number of amidine groups is 1. The molecular formula is C29H43N5O5S. The lowest BCUT2D eigenvalue weighted by molar-refractivity contribution is -0.125. The largest absolute Gasteiger partial charge is 0.329 e. The van der Waals surface area contributed by atoms with Crippen LogP contribution in [0.1, 0.15) is 69.9 Å². The minimum atomic E-state index is -4.14. The smallest absolute Gasteiger partial charge is 0.312 e. The maximum Gasteiger partial charge on any atom is 0.329 e. The van der Waals surface area contributed by atoms with Crippen LogP contribution in [0.3, 0.4) is 0 Å². The van der Waals surface area contributed by atoms with Crippen LogP contribution in [-0.2, 0) is 25.5 Å². The summed E-state index contributed by atoms with van der Waals surface area (Å²) >= 11 is 0. The number of hydrogen-bond acceptors (Lipinski definition) is 5. The monoisotopic (exact) mass is 573 g/mol. The number of aryl methyl sites for hydroxylation is 2. The van der Waals surface area contributed by atoms with Crippen molar-refractivity contribution in [3.05, 3.63) is 29.3 Å². The molecule has 1 unspecified atom stereocenters. The Balaban J connectivity index is 1.21. The highest BCUT2D eigenvalue weighted by Crippen LogP contribution is 2.39. The molecule has 1 aromatic carbocycles. The summed E-state index contributed by atoms with van der Waals surface area (Å²) in [5.74, 6) is 1.58. The predicted molar refractivity (Wildman–Crippen MR) is 157 cm³/mol. The Morgan fingerprint density at radius 1 is 1.10 bits per heavy atom. The van der Waals surface area contributed by atoms with Gasteiger partial charge in [0.2, 0.25) is 0 Å². The second-order valence-corrected chi connectivity index (χ2v) is 16.1. The summed E-state index contributed by atoms with van der Waals surface area (Å²) in [4.78, 5) is 43.5. The summed E-state index contributed by atoms with van der Waals surface area (Å²) in [5, 5.41) is 5.40. The molecule has 10 nitrogen and oxygen atoms in total. The van der Waals surface area contributed by atoms with E-state index in [1.54, 1.807) is 17.3 Å². The summed E-state index contributed by atoms with van der Waals surface area (Å²) in [6, 6.07) is 4.43. The third-order valence-corrected chi connectivity index (χ3v) is 12.5. The van der Waals surface area contributed by atoms with Crippen molar-refractivity contribution in [2.45, 2.75) is 83.7 Å². The van der Waals surface area contributed by atoms with Crippen molar-refractivity contribution in [2.75, 3.05) is 30.0 Å². The van der Waals surface area contributed by atoms with Crippen LogP contribution >= 0.6 is 0 Å². The number of benzene rings is 1. The van der Waals surface area contributed by atoms with Gasteiger partial charge in [0, 0.05) is 31.0 Å². The molecule has 3 N–H and O–H groups in total. The number of rotatable bonds is 7. The highest BCUT2D eigenvalue weighted by atomic mass is 32.3. The number of urea groups is 1. The Labute approximate surface area is 236 Å². The van der Waals surface area contributed by atoms with Gasteiger partial charge in [-0.1, -0.05) is 19.4 Å². The van der Waals surface area contributed by atoms with Crippen molar-refractivity contribution in [1.29, 1.82) is 0 Å². The van der Waals surface area contributed by atoms with Crippen LogP contribution in [0, 0.1) is 18.8 Å². The van der Waals surface area contributed by atoms with E-state index in [1.165, 1.54) is 30.4 Å². The number of carbonyl (C=O) groups excluding carboxylic acids is 3. The van der Waals surface area contributed by atoms with E-state index in [2.05, 4.69) is 17.6 Å². The zero-order valence-corrected chi connectivity index (χ0v) is 24.9. The summed E-state index contributed by atoms with van der Waals surface area (Å²) in [7, 11) is -4.14. The number of hydrogen-bond donors (Lipinski definition) is 3. The lowest BCUT2D eigenvalue weighted by Crippen LogP contribution is -2.59. The van der Waals surface area contributed by atoms with Crippen LogP contribution in [0.15, 0.2) is 23.2 Å². The number of imide groups is 1. The van der Waals surface area contributed by atoms with Crippen molar-refractivity contribution in [3.8, 4) is 0 Å². The van der Waals surface area contributed by atoms with Gasteiger partial charge >= 0.3 is 6.03 Å². The van der Waals surface area contributed by atoms with E-state index in [4.69, 9.17) is 4.99 Å². The van der Waals surface area contributed by atoms with E-state index in [0.29, 0.717) is 44.0 Å². The number of anilines is 1. The molecule has 4 aliphatic rings. The number of nitrogens with zero attached hydrogens (tertiary/aromatic N) is 3. The third-order valence-electron chi connectivity index (χ3n) is 9.68. The third kappa shape index (κ3) is 5.35. The van der Waals surface area contributed by atoms with Crippen LogP contribution in [0.5, 0.6) is 0 Å². The van der Waals surface area contributed by atoms with Crippen molar-refractivity contribution in [2.24, 2.45) is 16.8 Å². The van der Waals surface area contributed by atoms with Crippen LogP contribution in [-0.4, -0.2) is 73.4 Å². The second kappa shape index (κ2) is 10.3. The van der Waals surface area contributed by atoms with E-state index in [9.17, 15) is 23.1 Å². The predicted octanol–water partition coefficient (Wildman–Crippen LogP) is 3.40. The Bertz CT molecular complexity index is 1300. The Morgan fingerprint density at radius 2 is 1.77 bits per heavy atom. The van der Waals surface area contributed by atoms with Gasteiger partial charge in [-0.2, -0.15) is 4.21 Å². The lowest BCUT2D eigenvalue weighted by atomic mass is 9.80. The second-order valence-electron chi connectivity index (χ2n) is 12.4. The highest BCUT2D eigenvalue weighted by molar-refractivity contribution is 8.12. The molecule has 220 valence electrons. The first-order valence-electron chi connectivity index (χ1n) is 14.6. The maximum absolute atomic E-state index is 13.9. The van der Waals surface area contributed by atoms with E-state index in [1.807, 2.05) is 19.1 Å². The molecule has 0 bridgehead atoms. The number of piperidine rings is 1. The molecule has 5 rings (SSSR count). The zero-order valence-electron chi connectivity index (χ0n) is 24.1. The van der Waals surface area contributed by atoms with Crippen molar-refractivity contribution in [3.63, 3.8) is 0 Å². The zero-order chi connectivity index (χ0) is 28.9. The minimum absolute atomic E-state index is 0.0595. The number of amides is 4. The van der Waals surface area contributed by atoms with Gasteiger partial charge in [-0.05, 0) is 88.0 Å². The molecule has 11 heteroatoms. The Morgan fingerprint density at radius 3 is 2.35 bits per heavy atom. The number of aliphatic imine (C=N–C) groups is 1. The van der Waals surface area contributed by atoms with Crippen molar-refractivity contribution in [1.82, 2.24) is 14.9 Å². The fraction of sp³-hybridized carbons (Fsp3) is 0.655. The quantitative estimate of drug-likeness (QED) is 0.431. The molecule has 1 aromatic rings. The van der Waals surface area contributed by atoms with E-state index in [0.717, 1.165) is 35.7 Å². The molecule has 40 heavy (non-hydrogen) atoms. The number of nitrogens with one attached hydrogen (secondary N) is 2. The normalized spacial score (nSPS) is 28.3. The standard InChI is InChI=1S/C29H43N5O5S/c1-5-21-6-8-23(9-7-21)25-30-27(36)29(32-25)13-15-33(16-14-29)40(4,38,39)17-12-22-10-11-24(18-19(22)2)34-20(3)26(35)31-28(34)37/h10-11,18,20-21,23H,5-9,12-17H2,1-4H3,(H,38,39)(H,30,32,36)(H,31,35,37). The molecule has 1 aliphatic carbocycles. The maximum atomic E-state index is 13.9. The van der Waals surface area contributed by atoms with Gasteiger partial charge in [0.25, 0.3) is 11.8 Å². The van der Waals surface area contributed by atoms with E-state index in [-0.39, 0.29) is 17.6 Å². The molecule has 1 spiro atoms. The van der Waals surface area contributed by atoms with Crippen molar-refractivity contribution >= 4 is 38.9 Å².